The fourth-order valence-corrected chi connectivity index (χ4v) is 13.2. The second-order valence-corrected chi connectivity index (χ2v) is 31.2. The summed E-state index contributed by atoms with van der Waals surface area (Å²) in [6, 6.07) is 75.1. The van der Waals surface area contributed by atoms with Gasteiger partial charge in [0, 0.05) is 94.6 Å². The summed E-state index contributed by atoms with van der Waals surface area (Å²) in [5, 5.41) is 21.4. The number of ether oxygens (including phenoxy) is 10. The summed E-state index contributed by atoms with van der Waals surface area (Å²) < 4.78 is 54.3. The van der Waals surface area contributed by atoms with Crippen molar-refractivity contribution in [1.82, 2.24) is 24.9 Å². The molecule has 0 fully saturated rings. The Balaban J connectivity index is 0.000000180. The topological polar surface area (TPSA) is 240 Å². The van der Waals surface area contributed by atoms with E-state index in [-0.39, 0.29) is 10.8 Å². The summed E-state index contributed by atoms with van der Waals surface area (Å²) in [7, 11) is 16.4. The lowest BCUT2D eigenvalue weighted by Gasteiger charge is -2.27. The number of nitrogen functional groups attached to an aromatic ring is 1. The van der Waals surface area contributed by atoms with E-state index in [0.717, 1.165) is 122 Å². The Morgan fingerprint density at radius 1 is 0.317 bits per heavy atom. The van der Waals surface area contributed by atoms with Gasteiger partial charge in [0.15, 0.2) is 11.5 Å². The van der Waals surface area contributed by atoms with Crippen molar-refractivity contribution in [1.29, 1.82) is 5.26 Å². The Hall–Kier alpha value is -12.1. The first kappa shape index (κ1) is 94.8. The summed E-state index contributed by atoms with van der Waals surface area (Å²) in [6.07, 6.45) is 8.00. The molecule has 0 bridgehead atoms. The van der Waals surface area contributed by atoms with Gasteiger partial charge < -0.3 is 77.8 Å². The maximum Gasteiger partial charge on any atom is 0.155 e. The maximum absolute atomic E-state index is 9.70. The average molecular weight is 1870 g/mol. The van der Waals surface area contributed by atoms with Gasteiger partial charge in [-0.2, -0.15) is 5.26 Å². The van der Waals surface area contributed by atoms with Crippen LogP contribution >= 0.6 is 78.3 Å². The number of hydrogen-bond acceptors (Lipinski definition) is 22. The van der Waals surface area contributed by atoms with E-state index in [2.05, 4.69) is 107 Å². The summed E-state index contributed by atoms with van der Waals surface area (Å²) >= 11 is 31.0. The number of aromatic hydroxyl groups is 1. The molecule has 640 valence electrons. The van der Waals surface area contributed by atoms with Crippen molar-refractivity contribution >= 4 is 107 Å². The Bertz CT molecular complexity index is 5140. The molecule has 0 spiro atoms. The van der Waals surface area contributed by atoms with Gasteiger partial charge in [0.2, 0.25) is 0 Å². The molecule has 13 aromatic rings. The van der Waals surface area contributed by atoms with Crippen molar-refractivity contribution in [3.05, 3.63) is 335 Å². The third kappa shape index (κ3) is 29.1. The van der Waals surface area contributed by atoms with Crippen molar-refractivity contribution < 1.29 is 52.5 Å². The fourth-order valence-electron chi connectivity index (χ4n) is 12.1. The quantitative estimate of drug-likeness (QED) is 0.0410. The molecular weight excluding hydrogens is 1770 g/mol. The average Bonchev–Trinajstić information content (AvgIpc) is 0.811. The van der Waals surface area contributed by atoms with E-state index in [9.17, 15) is 10.4 Å². The van der Waals surface area contributed by atoms with E-state index >= 15 is 0 Å². The van der Waals surface area contributed by atoms with Crippen LogP contribution in [0.4, 0.5) is 29.1 Å². The van der Waals surface area contributed by atoms with Crippen molar-refractivity contribution in [3.63, 3.8) is 0 Å². The summed E-state index contributed by atoms with van der Waals surface area (Å²) in [5.74, 6) is 11.2. The van der Waals surface area contributed by atoms with Crippen molar-refractivity contribution in [3.8, 4) is 69.3 Å². The molecule has 0 aliphatic heterocycles. The van der Waals surface area contributed by atoms with Gasteiger partial charge in [-0.1, -0.05) is 143 Å². The summed E-state index contributed by atoms with van der Waals surface area (Å²) in [4.78, 5) is 30.5. The van der Waals surface area contributed by atoms with E-state index in [4.69, 9.17) is 99.5 Å². The zero-order valence-electron chi connectivity index (χ0n) is 70.3. The molecule has 13 rings (SSSR count). The molecule has 0 unspecified atom stereocenters. The molecule has 3 N–H and O–H groups in total. The molecular formula is C95H97Br2Cl4N11O11. The molecule has 0 radical (unpaired) electrons. The van der Waals surface area contributed by atoms with Crippen LogP contribution in [0.1, 0.15) is 63.9 Å². The lowest BCUT2D eigenvalue weighted by Crippen LogP contribution is -2.24. The Labute approximate surface area is 756 Å². The van der Waals surface area contributed by atoms with E-state index in [1.54, 1.807) is 108 Å². The number of rotatable bonds is 31. The predicted molar refractivity (Wildman–Crippen MR) is 498 cm³/mol. The van der Waals surface area contributed by atoms with E-state index < -0.39 is 5.41 Å². The normalized spacial score (nSPS) is 10.5. The van der Waals surface area contributed by atoms with Gasteiger partial charge in [0.25, 0.3) is 0 Å². The number of hydrogen-bond donors (Lipinski definition) is 2. The second kappa shape index (κ2) is 47.9. The van der Waals surface area contributed by atoms with Gasteiger partial charge in [-0.25, -0.2) is 24.9 Å². The van der Waals surface area contributed by atoms with E-state index in [1.165, 1.54) is 6.20 Å². The lowest BCUT2D eigenvalue weighted by molar-refractivity contribution is 0.400. The Morgan fingerprint density at radius 3 is 0.772 bits per heavy atom. The number of anilines is 5. The molecule has 28 heteroatoms. The minimum absolute atomic E-state index is 0.0331. The van der Waals surface area contributed by atoms with Crippen LogP contribution in [0.25, 0.3) is 0 Å². The molecule has 0 aliphatic carbocycles. The summed E-state index contributed by atoms with van der Waals surface area (Å²) in [6.45, 7) is 9.04. The molecule has 0 saturated heterocycles. The first-order valence-corrected chi connectivity index (χ1v) is 41.4. The third-order valence-electron chi connectivity index (χ3n) is 19.1. The highest BCUT2D eigenvalue weighted by Crippen LogP contribution is 2.37. The highest BCUT2D eigenvalue weighted by molar-refractivity contribution is 9.10. The number of pyridine rings is 5. The number of nitriles is 1. The molecule has 123 heavy (non-hydrogen) atoms. The number of nitrogens with zero attached hydrogens (tertiary/aromatic N) is 10. The molecule has 5 heterocycles. The van der Waals surface area contributed by atoms with Gasteiger partial charge in [0.05, 0.1) is 130 Å². The van der Waals surface area contributed by atoms with Gasteiger partial charge in [-0.05, 0) is 193 Å². The zero-order valence-corrected chi connectivity index (χ0v) is 76.4. The first-order valence-electron chi connectivity index (χ1n) is 38.3. The van der Waals surface area contributed by atoms with Crippen molar-refractivity contribution in [2.75, 3.05) is 96.4 Å². The van der Waals surface area contributed by atoms with Gasteiger partial charge in [-0.3, -0.25) is 0 Å². The monoisotopic (exact) mass is 1870 g/mol. The third-order valence-corrected chi connectivity index (χ3v) is 22.0. The Morgan fingerprint density at radius 2 is 0.545 bits per heavy atom. The molecule has 0 aliphatic rings. The lowest BCUT2D eigenvalue weighted by atomic mass is 9.86. The molecule has 0 saturated carbocycles. The van der Waals surface area contributed by atoms with Crippen molar-refractivity contribution in [2.45, 2.75) is 71.6 Å². The number of nitrogens with two attached hydrogens (primary N) is 1. The zero-order chi connectivity index (χ0) is 88.4. The number of benzene rings is 8. The number of methoxy groups -OCH3 is 10. The SMILES string of the molecule is COc1ccc(CN(Cc2ccc(OC)cc2)c2cc(C(C)(C)C#N)c(OC)cn2)cc1.COc1ccc(CN(Cc2ccc(OC)cc2)c2cc(Cl)c(Br)cn2)cc1.COc1ccc(CN(Cc2ccc(OC)cc2)c2cc(Cl)c(O)cn2)cc1.COc1ccc(CN(Cc2ccc(OC)cc2)c2cc(Cl)c(OC)cn2)cc1.Nc1cc(Cl)c(Br)cn1. The van der Waals surface area contributed by atoms with E-state index in [0.29, 0.717) is 90.6 Å². The van der Waals surface area contributed by atoms with Gasteiger partial charge in [0.1, 0.15) is 80.8 Å². The van der Waals surface area contributed by atoms with Crippen LogP contribution in [0.5, 0.6) is 63.2 Å². The van der Waals surface area contributed by atoms with Crippen LogP contribution in [0.2, 0.25) is 20.1 Å². The number of halogens is 6. The van der Waals surface area contributed by atoms with Gasteiger partial charge >= 0.3 is 0 Å². The molecule has 5 aromatic heterocycles. The van der Waals surface area contributed by atoms with Crippen molar-refractivity contribution in [2.24, 2.45) is 0 Å². The standard InChI is InChI=1S/C26H29N3O3.C22H23ClN2O3.C21H20BrClN2O2.C21H21ClN2O3.C5H4BrClN2/c1-26(2,18-27)23-14-25(28-15-24(23)32-5)29(16-19-6-10-21(30-3)11-7-19)17-20-8-12-22(31-4)13-9-20;1-26-18-8-4-16(5-9-18)14-25(15-17-6-10-19(27-2)11-7-17)22-12-20(23)21(28-3)13-24-22;1-26-17-7-3-15(4-8-17)13-25(21-11-20(23)19(22)12-24-21)14-16-5-9-18(27-2)10-6-16;1-26-17-7-3-15(4-8-17)13-24(21-11-19(22)20(25)12-23-21)14-16-5-9-18(27-2)10-6-16;6-3-2-9-5(8)1-4(3)7/h6-15H,16-17H2,1-5H3;4-13H,14-15H2,1-3H3;3-12H,13-14H2,1-2H3;3-12,25H,13-14H2,1-2H3;1-2H,(H2,8,9). The van der Waals surface area contributed by atoms with Crippen LogP contribution in [0.3, 0.4) is 0 Å². The van der Waals surface area contributed by atoms with E-state index in [1.807, 2.05) is 202 Å². The molecule has 0 amide bonds. The Kier molecular flexibility index (Phi) is 36.9. The predicted octanol–water partition coefficient (Wildman–Crippen LogP) is 22.5. The number of aromatic nitrogens is 5. The highest BCUT2D eigenvalue weighted by Gasteiger charge is 2.27. The molecule has 22 nitrogen and oxygen atoms in total. The van der Waals surface area contributed by atoms with Crippen LogP contribution < -0.4 is 72.7 Å². The molecule has 8 aromatic carbocycles. The van der Waals surface area contributed by atoms with Crippen LogP contribution in [-0.2, 0) is 57.8 Å². The minimum Gasteiger partial charge on any atom is -0.505 e. The fraction of sp³-hybridized carbons (Fsp3) is 0.221. The first-order chi connectivity index (χ1) is 59.4. The summed E-state index contributed by atoms with van der Waals surface area (Å²) in [5.41, 5.74) is 14.5. The van der Waals surface area contributed by atoms with Gasteiger partial charge in [-0.15, -0.1) is 0 Å². The molecule has 0 atom stereocenters. The minimum atomic E-state index is -0.713. The highest BCUT2D eigenvalue weighted by atomic mass is 79.9. The smallest absolute Gasteiger partial charge is 0.155 e. The van der Waals surface area contributed by atoms with Crippen LogP contribution in [0, 0.1) is 11.3 Å². The maximum atomic E-state index is 9.70. The van der Waals surface area contributed by atoms with Crippen LogP contribution in [-0.4, -0.2) is 101 Å². The largest absolute Gasteiger partial charge is 0.505 e. The second-order valence-electron chi connectivity index (χ2n) is 27.8. The van der Waals surface area contributed by atoms with Crippen LogP contribution in [0.15, 0.2) is 264 Å².